The Morgan fingerprint density at radius 2 is 2.15 bits per heavy atom. The number of nitrogens with one attached hydrogen (secondary N) is 1. The maximum Gasteiger partial charge on any atom is 0.218 e. The molecule has 106 valence electrons. The van der Waals surface area contributed by atoms with Crippen molar-refractivity contribution in [3.63, 3.8) is 0 Å². The van der Waals surface area contributed by atoms with Crippen LogP contribution in [0.25, 0.3) is 0 Å². The van der Waals surface area contributed by atoms with Crippen LogP contribution in [0.4, 0.5) is 10.2 Å². The Hall–Kier alpha value is -1.88. The average Bonchev–Trinajstić information content (AvgIpc) is 2.47. The fourth-order valence-electron chi connectivity index (χ4n) is 1.56. The van der Waals surface area contributed by atoms with Crippen LogP contribution in [0.3, 0.4) is 0 Å². The van der Waals surface area contributed by atoms with E-state index in [2.05, 4.69) is 15.3 Å². The lowest BCUT2D eigenvalue weighted by Crippen LogP contribution is -2.03. The number of ether oxygens (including phenoxy) is 1. The maximum absolute atomic E-state index is 13.0. The van der Waals surface area contributed by atoms with Gasteiger partial charge in [-0.1, -0.05) is 24.6 Å². The highest BCUT2D eigenvalue weighted by molar-refractivity contribution is 6.30. The van der Waals surface area contributed by atoms with Crippen LogP contribution in [0.15, 0.2) is 30.6 Å². The number of hydrogen-bond acceptors (Lipinski definition) is 4. The summed E-state index contributed by atoms with van der Waals surface area (Å²) in [4.78, 5) is 8.11. The van der Waals surface area contributed by atoms with Gasteiger partial charge in [0.1, 0.15) is 18.0 Å². The molecule has 1 heterocycles. The van der Waals surface area contributed by atoms with Crippen molar-refractivity contribution in [1.29, 1.82) is 0 Å². The van der Waals surface area contributed by atoms with Crippen LogP contribution in [-0.4, -0.2) is 16.6 Å². The van der Waals surface area contributed by atoms with Crippen LogP contribution >= 0.6 is 11.6 Å². The topological polar surface area (TPSA) is 47.0 Å². The first-order valence-corrected chi connectivity index (χ1v) is 6.69. The molecular weight excluding hydrogens is 281 g/mol. The Bertz CT molecular complexity index is 580. The second kappa shape index (κ2) is 7.05. The summed E-state index contributed by atoms with van der Waals surface area (Å²) in [6, 6.07) is 6.32. The third-order valence-corrected chi connectivity index (χ3v) is 2.84. The average molecular weight is 296 g/mol. The van der Waals surface area contributed by atoms with Crippen LogP contribution in [0.1, 0.15) is 18.9 Å². The van der Waals surface area contributed by atoms with Gasteiger partial charge in [0.15, 0.2) is 0 Å². The first-order chi connectivity index (χ1) is 9.69. The largest absolute Gasteiger partial charge is 0.478 e. The predicted molar refractivity (Wildman–Crippen MR) is 76.6 cm³/mol. The van der Waals surface area contributed by atoms with Gasteiger partial charge in [-0.3, -0.25) is 0 Å². The van der Waals surface area contributed by atoms with E-state index in [4.69, 9.17) is 16.3 Å². The summed E-state index contributed by atoms with van der Waals surface area (Å²) in [5, 5.41) is 3.22. The van der Waals surface area contributed by atoms with Crippen molar-refractivity contribution in [2.45, 2.75) is 19.9 Å². The number of anilines is 1. The van der Waals surface area contributed by atoms with Gasteiger partial charge < -0.3 is 10.1 Å². The molecule has 20 heavy (non-hydrogen) atoms. The lowest BCUT2D eigenvalue weighted by molar-refractivity contribution is 0.305. The number of nitrogens with zero attached hydrogens (tertiary/aromatic N) is 2. The number of hydrogen-bond donors (Lipinski definition) is 1. The van der Waals surface area contributed by atoms with E-state index in [9.17, 15) is 4.39 Å². The van der Waals surface area contributed by atoms with Crippen molar-refractivity contribution in [2.75, 3.05) is 11.9 Å². The lowest BCUT2D eigenvalue weighted by atomic mass is 10.2. The molecule has 0 aliphatic heterocycles. The van der Waals surface area contributed by atoms with Gasteiger partial charge in [-0.15, -0.1) is 0 Å². The summed E-state index contributed by atoms with van der Waals surface area (Å²) in [5.74, 6) is 0.751. The second-order valence-electron chi connectivity index (χ2n) is 4.19. The zero-order chi connectivity index (χ0) is 14.4. The molecular formula is C14H15ClFN3O. The van der Waals surface area contributed by atoms with Gasteiger partial charge in [0.05, 0.1) is 11.6 Å². The summed E-state index contributed by atoms with van der Waals surface area (Å²) >= 11 is 5.73. The molecule has 1 N–H and O–H groups in total. The van der Waals surface area contributed by atoms with E-state index >= 15 is 0 Å². The molecule has 0 saturated heterocycles. The summed E-state index contributed by atoms with van der Waals surface area (Å²) in [6.07, 6.45) is 2.35. The molecule has 1 aromatic heterocycles. The Balaban J connectivity index is 1.97. The number of benzene rings is 1. The third kappa shape index (κ3) is 4.06. The summed E-state index contributed by atoms with van der Waals surface area (Å²) in [6.45, 7) is 3.13. The molecule has 0 aliphatic carbocycles. The van der Waals surface area contributed by atoms with E-state index in [1.807, 2.05) is 6.92 Å². The van der Waals surface area contributed by atoms with Crippen molar-refractivity contribution < 1.29 is 9.13 Å². The molecule has 0 radical (unpaired) electrons. The fraction of sp³-hybridized carbons (Fsp3) is 0.286. The van der Waals surface area contributed by atoms with Crippen molar-refractivity contribution in [2.24, 2.45) is 0 Å². The smallest absolute Gasteiger partial charge is 0.218 e. The molecule has 0 spiro atoms. The summed E-state index contributed by atoms with van der Waals surface area (Å²) in [5.41, 5.74) is 0.867. The summed E-state index contributed by atoms with van der Waals surface area (Å²) < 4.78 is 18.5. The standard InChI is InChI=1S/C14H15ClFN3O/c1-2-5-20-14-7-13(18-9-19-14)17-8-10-3-4-12(16)11(15)6-10/h3-4,6-7,9H,2,5,8H2,1H3,(H,17,18,19). The van der Waals surface area contributed by atoms with Crippen LogP contribution in [0.5, 0.6) is 5.88 Å². The van der Waals surface area contributed by atoms with E-state index < -0.39 is 5.82 Å². The molecule has 0 atom stereocenters. The van der Waals surface area contributed by atoms with Gasteiger partial charge in [-0.2, -0.15) is 0 Å². The number of rotatable bonds is 6. The first kappa shape index (κ1) is 14.5. The van der Waals surface area contributed by atoms with E-state index in [0.29, 0.717) is 24.8 Å². The van der Waals surface area contributed by atoms with Crippen molar-refractivity contribution in [3.05, 3.63) is 47.0 Å². The minimum Gasteiger partial charge on any atom is -0.478 e. The molecule has 2 aromatic rings. The minimum atomic E-state index is -0.423. The molecule has 0 fully saturated rings. The van der Waals surface area contributed by atoms with Crippen LogP contribution < -0.4 is 10.1 Å². The number of halogens is 2. The molecule has 4 nitrogen and oxygen atoms in total. The fourth-order valence-corrected chi connectivity index (χ4v) is 1.77. The van der Waals surface area contributed by atoms with Crippen molar-refractivity contribution in [3.8, 4) is 5.88 Å². The van der Waals surface area contributed by atoms with Crippen LogP contribution in [0, 0.1) is 5.82 Å². The quantitative estimate of drug-likeness (QED) is 0.883. The Morgan fingerprint density at radius 3 is 2.90 bits per heavy atom. The Morgan fingerprint density at radius 1 is 1.30 bits per heavy atom. The summed E-state index contributed by atoms with van der Waals surface area (Å²) in [7, 11) is 0. The maximum atomic E-state index is 13.0. The molecule has 0 unspecified atom stereocenters. The Labute approximate surface area is 122 Å². The number of aromatic nitrogens is 2. The molecule has 0 aliphatic rings. The van der Waals surface area contributed by atoms with Crippen molar-refractivity contribution >= 4 is 17.4 Å². The van der Waals surface area contributed by atoms with E-state index in [0.717, 1.165) is 12.0 Å². The zero-order valence-electron chi connectivity index (χ0n) is 11.1. The molecule has 0 bridgehead atoms. The normalized spacial score (nSPS) is 10.3. The van der Waals surface area contributed by atoms with Gasteiger partial charge in [0.25, 0.3) is 0 Å². The molecule has 0 saturated carbocycles. The Kier molecular flexibility index (Phi) is 5.12. The third-order valence-electron chi connectivity index (χ3n) is 2.55. The minimum absolute atomic E-state index is 0.110. The van der Waals surface area contributed by atoms with Crippen LogP contribution in [-0.2, 0) is 6.54 Å². The highest BCUT2D eigenvalue weighted by Gasteiger charge is 2.03. The van der Waals surface area contributed by atoms with Crippen LogP contribution in [0.2, 0.25) is 5.02 Å². The van der Waals surface area contributed by atoms with Gasteiger partial charge in [0.2, 0.25) is 5.88 Å². The SMILES string of the molecule is CCCOc1cc(NCc2ccc(F)c(Cl)c2)ncn1. The molecule has 2 rings (SSSR count). The van der Waals surface area contributed by atoms with Gasteiger partial charge in [-0.05, 0) is 24.1 Å². The van der Waals surface area contributed by atoms with E-state index in [1.54, 1.807) is 18.2 Å². The molecule has 0 amide bonds. The lowest BCUT2D eigenvalue weighted by Gasteiger charge is -2.08. The molecule has 1 aromatic carbocycles. The highest BCUT2D eigenvalue weighted by Crippen LogP contribution is 2.17. The van der Waals surface area contributed by atoms with E-state index in [1.165, 1.54) is 12.4 Å². The first-order valence-electron chi connectivity index (χ1n) is 6.31. The van der Waals surface area contributed by atoms with Gasteiger partial charge >= 0.3 is 0 Å². The van der Waals surface area contributed by atoms with Gasteiger partial charge in [0, 0.05) is 12.6 Å². The molecule has 6 heteroatoms. The van der Waals surface area contributed by atoms with Gasteiger partial charge in [-0.25, -0.2) is 14.4 Å². The second-order valence-corrected chi connectivity index (χ2v) is 4.60. The van der Waals surface area contributed by atoms with Crippen molar-refractivity contribution in [1.82, 2.24) is 9.97 Å². The zero-order valence-corrected chi connectivity index (χ0v) is 11.8. The monoisotopic (exact) mass is 295 g/mol. The highest BCUT2D eigenvalue weighted by atomic mass is 35.5. The predicted octanol–water partition coefficient (Wildman–Crippen LogP) is 3.67. The van der Waals surface area contributed by atoms with E-state index in [-0.39, 0.29) is 5.02 Å².